The molecule has 0 aliphatic rings. The molecule has 1 aromatic carbocycles. The fraction of sp³-hybridized carbons (Fsp3) is 0.222. The summed E-state index contributed by atoms with van der Waals surface area (Å²) in [5.41, 5.74) is 1.41. The first-order valence-electron chi connectivity index (χ1n) is 3.50. The molecule has 0 saturated carbocycles. The third-order valence-electron chi connectivity index (χ3n) is 1.59. The van der Waals surface area contributed by atoms with Crippen LogP contribution in [0.15, 0.2) is 24.3 Å². The maximum atomic E-state index is 8.87. The van der Waals surface area contributed by atoms with Crippen LogP contribution in [-0.2, 0) is 0 Å². The highest BCUT2D eigenvalue weighted by Gasteiger charge is 2.05. The Bertz CT molecular complexity index is 231. The first-order chi connectivity index (χ1) is 5.25. The van der Waals surface area contributed by atoms with E-state index in [1.807, 2.05) is 25.5 Å². The van der Waals surface area contributed by atoms with Crippen LogP contribution in [0.5, 0.6) is 0 Å². The van der Waals surface area contributed by atoms with Crippen LogP contribution < -0.4 is 0 Å². The van der Waals surface area contributed by atoms with Gasteiger partial charge in [0.2, 0.25) is 0 Å². The van der Waals surface area contributed by atoms with E-state index in [4.69, 9.17) is 10.2 Å². The van der Waals surface area contributed by atoms with Gasteiger partial charge in [-0.25, -0.2) is 0 Å². The lowest BCUT2D eigenvalue weighted by molar-refractivity contribution is -0.0428. The van der Waals surface area contributed by atoms with Crippen LogP contribution in [0.2, 0.25) is 0 Å². The first-order valence-corrected chi connectivity index (χ1v) is 3.50. The molecule has 0 saturated heterocycles. The number of aliphatic hydroxyl groups excluding tert-OH is 1. The molecule has 11 heavy (non-hydrogen) atoms. The predicted molar refractivity (Wildman–Crippen MR) is 42.7 cm³/mol. The molecule has 0 amide bonds. The molecule has 0 aliphatic heterocycles. The zero-order valence-corrected chi connectivity index (χ0v) is 6.36. The first kappa shape index (κ1) is 8.24. The van der Waals surface area contributed by atoms with Crippen molar-refractivity contribution in [2.24, 2.45) is 0 Å². The van der Waals surface area contributed by atoms with Crippen LogP contribution in [0.4, 0.5) is 0 Å². The molecular formula is C9H11O2. The van der Waals surface area contributed by atoms with Crippen molar-refractivity contribution in [2.75, 3.05) is 0 Å². The summed E-state index contributed by atoms with van der Waals surface area (Å²) in [6.45, 7) is 1.86. The lowest BCUT2D eigenvalue weighted by atomic mass is 10.1. The smallest absolute Gasteiger partial charge is 0.178 e. The van der Waals surface area contributed by atoms with E-state index in [0.29, 0.717) is 5.56 Å². The molecule has 0 aliphatic carbocycles. The Morgan fingerprint density at radius 1 is 1.27 bits per heavy atom. The summed E-state index contributed by atoms with van der Waals surface area (Å²) in [5, 5.41) is 17.7. The van der Waals surface area contributed by atoms with Crippen molar-refractivity contribution in [3.63, 3.8) is 0 Å². The molecule has 1 aromatic rings. The van der Waals surface area contributed by atoms with E-state index in [9.17, 15) is 0 Å². The van der Waals surface area contributed by atoms with E-state index in [2.05, 4.69) is 0 Å². The van der Waals surface area contributed by atoms with Crippen molar-refractivity contribution in [3.05, 3.63) is 41.8 Å². The highest BCUT2D eigenvalue weighted by Crippen LogP contribution is 2.16. The van der Waals surface area contributed by atoms with Crippen molar-refractivity contribution in [1.29, 1.82) is 0 Å². The van der Waals surface area contributed by atoms with E-state index in [1.54, 1.807) is 12.1 Å². The van der Waals surface area contributed by atoms with Crippen molar-refractivity contribution < 1.29 is 10.2 Å². The zero-order chi connectivity index (χ0) is 8.27. The number of aliphatic hydroxyl groups is 2. The molecule has 1 rings (SSSR count). The molecule has 0 aromatic heterocycles. The summed E-state index contributed by atoms with van der Waals surface area (Å²) < 4.78 is 0. The molecule has 1 radical (unpaired) electrons. The third-order valence-corrected chi connectivity index (χ3v) is 1.59. The van der Waals surface area contributed by atoms with E-state index in [-0.39, 0.29) is 0 Å². The van der Waals surface area contributed by atoms with Crippen LogP contribution in [-0.4, -0.2) is 10.2 Å². The molecule has 0 atom stereocenters. The quantitative estimate of drug-likeness (QED) is 0.624. The minimum absolute atomic E-state index is 0.551. The second-order valence-corrected chi connectivity index (χ2v) is 2.29. The second kappa shape index (κ2) is 3.51. The van der Waals surface area contributed by atoms with Crippen molar-refractivity contribution in [2.45, 2.75) is 13.2 Å². The average Bonchev–Trinajstić information content (AvgIpc) is 2.04. The van der Waals surface area contributed by atoms with Gasteiger partial charge in [-0.3, -0.25) is 0 Å². The highest BCUT2D eigenvalue weighted by atomic mass is 16.5. The summed E-state index contributed by atoms with van der Waals surface area (Å²) in [6, 6.07) is 7.18. The van der Waals surface area contributed by atoms with Gasteiger partial charge < -0.3 is 10.2 Å². The number of hydrogen-bond acceptors (Lipinski definition) is 2. The summed E-state index contributed by atoms with van der Waals surface area (Å²) in [5.74, 6) is 0. The molecule has 0 fully saturated rings. The molecule has 0 bridgehead atoms. The minimum Gasteiger partial charge on any atom is -0.364 e. The molecule has 2 nitrogen and oxygen atoms in total. The Balaban J connectivity index is 3.02. The van der Waals surface area contributed by atoms with Gasteiger partial charge in [-0.05, 0) is 12.0 Å². The molecule has 0 unspecified atom stereocenters. The normalized spacial score (nSPS) is 10.5. The Labute approximate surface area is 66.1 Å². The molecule has 59 valence electrons. The minimum atomic E-state index is -1.37. The standard InChI is InChI=1S/C9H11O2/c1-2-7-5-3-4-6-8(7)9(10)11/h2-6,9-11H,1H3. The maximum absolute atomic E-state index is 8.87. The van der Waals surface area contributed by atoms with Crippen molar-refractivity contribution >= 4 is 0 Å². The lowest BCUT2D eigenvalue weighted by Crippen LogP contribution is -1.98. The molecule has 0 spiro atoms. The van der Waals surface area contributed by atoms with Crippen LogP contribution in [0.25, 0.3) is 0 Å². The van der Waals surface area contributed by atoms with Gasteiger partial charge in [-0.1, -0.05) is 31.2 Å². The Morgan fingerprint density at radius 2 is 1.91 bits per heavy atom. The van der Waals surface area contributed by atoms with Gasteiger partial charge >= 0.3 is 0 Å². The summed E-state index contributed by atoms with van der Waals surface area (Å²) in [4.78, 5) is 0. The average molecular weight is 151 g/mol. The van der Waals surface area contributed by atoms with Gasteiger partial charge in [0.15, 0.2) is 6.29 Å². The third kappa shape index (κ3) is 1.79. The molecule has 0 heterocycles. The number of benzene rings is 1. The van der Waals surface area contributed by atoms with E-state index >= 15 is 0 Å². The lowest BCUT2D eigenvalue weighted by Gasteiger charge is -2.07. The SMILES string of the molecule is C[CH]c1ccccc1C(O)O. The van der Waals surface area contributed by atoms with Gasteiger partial charge in [0, 0.05) is 5.56 Å². The Morgan fingerprint density at radius 3 is 2.36 bits per heavy atom. The fourth-order valence-electron chi connectivity index (χ4n) is 1.01. The van der Waals surface area contributed by atoms with Crippen molar-refractivity contribution in [3.8, 4) is 0 Å². The van der Waals surface area contributed by atoms with Gasteiger partial charge in [-0.15, -0.1) is 0 Å². The topological polar surface area (TPSA) is 40.5 Å². The highest BCUT2D eigenvalue weighted by molar-refractivity contribution is 5.32. The fourth-order valence-corrected chi connectivity index (χ4v) is 1.01. The summed E-state index contributed by atoms with van der Waals surface area (Å²) in [6.07, 6.45) is 0.469. The van der Waals surface area contributed by atoms with Crippen LogP contribution in [0.1, 0.15) is 24.3 Å². The van der Waals surface area contributed by atoms with Gasteiger partial charge in [0.25, 0.3) is 0 Å². The molecular weight excluding hydrogens is 140 g/mol. The zero-order valence-electron chi connectivity index (χ0n) is 6.36. The number of rotatable bonds is 2. The number of hydrogen-bond donors (Lipinski definition) is 2. The van der Waals surface area contributed by atoms with E-state index in [1.165, 1.54) is 0 Å². The van der Waals surface area contributed by atoms with Crippen LogP contribution in [0.3, 0.4) is 0 Å². The molecule has 2 heteroatoms. The van der Waals surface area contributed by atoms with E-state index in [0.717, 1.165) is 5.56 Å². The monoisotopic (exact) mass is 151 g/mol. The van der Waals surface area contributed by atoms with Gasteiger partial charge in [-0.2, -0.15) is 0 Å². The maximum Gasteiger partial charge on any atom is 0.178 e. The predicted octanol–water partition coefficient (Wildman–Crippen LogP) is 1.24. The van der Waals surface area contributed by atoms with Gasteiger partial charge in [0.05, 0.1) is 0 Å². The summed E-state index contributed by atoms with van der Waals surface area (Å²) >= 11 is 0. The van der Waals surface area contributed by atoms with E-state index < -0.39 is 6.29 Å². The Hall–Kier alpha value is -0.860. The Kier molecular flexibility index (Phi) is 2.63. The van der Waals surface area contributed by atoms with Crippen LogP contribution in [0, 0.1) is 6.42 Å². The van der Waals surface area contributed by atoms with Crippen molar-refractivity contribution in [1.82, 2.24) is 0 Å². The van der Waals surface area contributed by atoms with Crippen LogP contribution >= 0.6 is 0 Å². The summed E-state index contributed by atoms with van der Waals surface area (Å²) in [7, 11) is 0. The molecule has 2 N–H and O–H groups in total. The second-order valence-electron chi connectivity index (χ2n) is 2.29. The largest absolute Gasteiger partial charge is 0.364 e. The van der Waals surface area contributed by atoms with Gasteiger partial charge in [0.1, 0.15) is 0 Å².